The molecular formula is C20H31N3O. The summed E-state index contributed by atoms with van der Waals surface area (Å²) in [5.74, 6) is 0.325. The molecule has 4 heteroatoms. The highest BCUT2D eigenvalue weighted by Crippen LogP contribution is 2.18. The van der Waals surface area contributed by atoms with Crippen molar-refractivity contribution in [2.75, 3.05) is 32.7 Å². The summed E-state index contributed by atoms with van der Waals surface area (Å²) in [6.45, 7) is 10.1. The van der Waals surface area contributed by atoms with Gasteiger partial charge >= 0.3 is 0 Å². The molecule has 1 aromatic rings. The van der Waals surface area contributed by atoms with Crippen LogP contribution in [0.15, 0.2) is 30.3 Å². The van der Waals surface area contributed by atoms with Crippen LogP contribution in [0.25, 0.3) is 0 Å². The third kappa shape index (κ3) is 4.37. The smallest absolute Gasteiger partial charge is 0.236 e. The minimum absolute atomic E-state index is 0.325. The molecule has 2 saturated heterocycles. The van der Waals surface area contributed by atoms with E-state index in [0.29, 0.717) is 24.5 Å². The quantitative estimate of drug-likeness (QED) is 0.849. The molecule has 0 bridgehead atoms. The molecule has 0 saturated carbocycles. The van der Waals surface area contributed by atoms with Crippen molar-refractivity contribution >= 4 is 5.91 Å². The van der Waals surface area contributed by atoms with Gasteiger partial charge in [0, 0.05) is 44.8 Å². The number of piperidine rings is 1. The summed E-state index contributed by atoms with van der Waals surface area (Å²) >= 11 is 0. The van der Waals surface area contributed by atoms with E-state index in [9.17, 15) is 4.79 Å². The lowest BCUT2D eigenvalue weighted by Crippen LogP contribution is -2.55. The van der Waals surface area contributed by atoms with Gasteiger partial charge in [-0.3, -0.25) is 14.6 Å². The first-order valence-electron chi connectivity index (χ1n) is 9.43. The Hall–Kier alpha value is -1.39. The Morgan fingerprint density at radius 1 is 1.04 bits per heavy atom. The van der Waals surface area contributed by atoms with E-state index >= 15 is 0 Å². The molecule has 1 amide bonds. The van der Waals surface area contributed by atoms with Crippen LogP contribution >= 0.6 is 0 Å². The molecule has 2 aliphatic rings. The van der Waals surface area contributed by atoms with E-state index < -0.39 is 0 Å². The average Bonchev–Trinajstić information content (AvgIpc) is 2.58. The molecule has 1 unspecified atom stereocenters. The fourth-order valence-corrected chi connectivity index (χ4v) is 4.02. The van der Waals surface area contributed by atoms with Crippen LogP contribution in [0.4, 0.5) is 0 Å². The van der Waals surface area contributed by atoms with Gasteiger partial charge in [-0.25, -0.2) is 0 Å². The second kappa shape index (κ2) is 8.13. The van der Waals surface area contributed by atoms with Crippen LogP contribution in [0.5, 0.6) is 0 Å². The van der Waals surface area contributed by atoms with Gasteiger partial charge in [-0.05, 0) is 38.7 Å². The molecule has 2 aliphatic heterocycles. The number of benzene rings is 1. The molecule has 24 heavy (non-hydrogen) atoms. The predicted molar refractivity (Wildman–Crippen MR) is 97.8 cm³/mol. The van der Waals surface area contributed by atoms with Crippen LogP contribution in [0, 0.1) is 0 Å². The molecule has 0 aliphatic carbocycles. The molecule has 0 spiro atoms. The Balaban J connectivity index is 1.49. The highest BCUT2D eigenvalue weighted by Gasteiger charge is 2.29. The van der Waals surface area contributed by atoms with Crippen molar-refractivity contribution in [2.45, 2.75) is 51.7 Å². The van der Waals surface area contributed by atoms with Gasteiger partial charge in [0.15, 0.2) is 0 Å². The van der Waals surface area contributed by atoms with E-state index in [0.717, 1.165) is 45.6 Å². The largest absolute Gasteiger partial charge is 0.339 e. The number of hydrogen-bond acceptors (Lipinski definition) is 3. The normalized spacial score (nSPS) is 26.5. The zero-order valence-electron chi connectivity index (χ0n) is 15.2. The first-order chi connectivity index (χ1) is 11.6. The number of rotatable bonds is 4. The topological polar surface area (TPSA) is 26.8 Å². The van der Waals surface area contributed by atoms with E-state index in [2.05, 4.69) is 58.9 Å². The molecule has 2 fully saturated rings. The first-order valence-corrected chi connectivity index (χ1v) is 9.43. The van der Waals surface area contributed by atoms with Crippen LogP contribution in [0.3, 0.4) is 0 Å². The average molecular weight is 329 g/mol. The van der Waals surface area contributed by atoms with Crippen molar-refractivity contribution < 1.29 is 4.79 Å². The maximum atomic E-state index is 12.7. The standard InChI is InChI=1S/C20H31N3O/c1-17-8-6-7-11-23(17)20(24)16-22-13-12-21(14-18(22)2)15-19-9-4-3-5-10-19/h3-5,9-10,17-18H,6-8,11-16H2,1-2H3/t17?,18-/m1/s1. The fourth-order valence-electron chi connectivity index (χ4n) is 4.02. The van der Waals surface area contributed by atoms with Gasteiger partial charge in [-0.1, -0.05) is 30.3 Å². The molecule has 3 rings (SSSR count). The van der Waals surface area contributed by atoms with Gasteiger partial charge in [0.05, 0.1) is 6.54 Å². The van der Waals surface area contributed by atoms with Gasteiger partial charge in [-0.2, -0.15) is 0 Å². The van der Waals surface area contributed by atoms with Crippen molar-refractivity contribution in [1.29, 1.82) is 0 Å². The maximum absolute atomic E-state index is 12.7. The minimum atomic E-state index is 0.325. The van der Waals surface area contributed by atoms with Gasteiger partial charge in [0.1, 0.15) is 0 Å². The van der Waals surface area contributed by atoms with E-state index in [1.165, 1.54) is 12.0 Å². The summed E-state index contributed by atoms with van der Waals surface area (Å²) in [6.07, 6.45) is 3.59. The lowest BCUT2D eigenvalue weighted by atomic mass is 10.0. The summed E-state index contributed by atoms with van der Waals surface area (Å²) in [5.41, 5.74) is 1.37. The number of likely N-dealkylation sites (tertiary alicyclic amines) is 1. The number of piperazine rings is 1. The summed E-state index contributed by atoms with van der Waals surface area (Å²) in [5, 5.41) is 0. The van der Waals surface area contributed by atoms with E-state index in [1.54, 1.807) is 0 Å². The Bertz CT molecular complexity index is 533. The second-order valence-electron chi connectivity index (χ2n) is 7.47. The fraction of sp³-hybridized carbons (Fsp3) is 0.650. The van der Waals surface area contributed by atoms with Gasteiger partial charge < -0.3 is 4.90 Å². The number of nitrogens with zero attached hydrogens (tertiary/aromatic N) is 3. The molecule has 0 aromatic heterocycles. The molecular weight excluding hydrogens is 298 g/mol. The summed E-state index contributed by atoms with van der Waals surface area (Å²) < 4.78 is 0. The zero-order valence-corrected chi connectivity index (χ0v) is 15.2. The molecule has 1 aromatic carbocycles. The minimum Gasteiger partial charge on any atom is -0.339 e. The maximum Gasteiger partial charge on any atom is 0.236 e. The predicted octanol–water partition coefficient (Wildman–Crippen LogP) is 2.59. The molecule has 2 heterocycles. The number of hydrogen-bond donors (Lipinski definition) is 0. The van der Waals surface area contributed by atoms with Crippen molar-refractivity contribution in [3.8, 4) is 0 Å². The second-order valence-corrected chi connectivity index (χ2v) is 7.47. The summed E-state index contributed by atoms with van der Waals surface area (Å²) in [7, 11) is 0. The van der Waals surface area contributed by atoms with E-state index in [4.69, 9.17) is 0 Å². The third-order valence-electron chi connectivity index (χ3n) is 5.56. The zero-order chi connectivity index (χ0) is 16.9. The van der Waals surface area contributed by atoms with Gasteiger partial charge in [0.2, 0.25) is 5.91 Å². The molecule has 0 radical (unpaired) electrons. The first kappa shape index (κ1) is 17.4. The monoisotopic (exact) mass is 329 g/mol. The third-order valence-corrected chi connectivity index (χ3v) is 5.56. The summed E-state index contributed by atoms with van der Waals surface area (Å²) in [6, 6.07) is 11.5. The molecule has 4 nitrogen and oxygen atoms in total. The van der Waals surface area contributed by atoms with Gasteiger partial charge in [-0.15, -0.1) is 0 Å². The molecule has 2 atom stereocenters. The van der Waals surface area contributed by atoms with Crippen LogP contribution < -0.4 is 0 Å². The van der Waals surface area contributed by atoms with Crippen LogP contribution in [-0.4, -0.2) is 65.4 Å². The Labute approximate surface area is 146 Å². The van der Waals surface area contributed by atoms with Gasteiger partial charge in [0.25, 0.3) is 0 Å². The highest BCUT2D eigenvalue weighted by molar-refractivity contribution is 5.78. The van der Waals surface area contributed by atoms with E-state index in [-0.39, 0.29) is 0 Å². The number of amides is 1. The molecule has 0 N–H and O–H groups in total. The Kier molecular flexibility index (Phi) is 5.90. The number of carbonyl (C=O) groups is 1. The lowest BCUT2D eigenvalue weighted by Gasteiger charge is -2.41. The van der Waals surface area contributed by atoms with Crippen molar-refractivity contribution in [2.24, 2.45) is 0 Å². The van der Waals surface area contributed by atoms with Crippen LogP contribution in [0.1, 0.15) is 38.7 Å². The van der Waals surface area contributed by atoms with Crippen molar-refractivity contribution in [1.82, 2.24) is 14.7 Å². The lowest BCUT2D eigenvalue weighted by molar-refractivity contribution is -0.136. The van der Waals surface area contributed by atoms with Crippen molar-refractivity contribution in [3.63, 3.8) is 0 Å². The van der Waals surface area contributed by atoms with Crippen molar-refractivity contribution in [3.05, 3.63) is 35.9 Å². The molecule has 132 valence electrons. The summed E-state index contributed by atoms with van der Waals surface area (Å²) in [4.78, 5) is 19.6. The highest BCUT2D eigenvalue weighted by atomic mass is 16.2. The SMILES string of the molecule is CC1CCCCN1C(=O)CN1CCN(Cc2ccccc2)C[C@H]1C. The number of carbonyl (C=O) groups excluding carboxylic acids is 1. The van der Waals surface area contributed by atoms with Crippen LogP contribution in [0.2, 0.25) is 0 Å². The Morgan fingerprint density at radius 2 is 1.83 bits per heavy atom. The van der Waals surface area contributed by atoms with Crippen LogP contribution in [-0.2, 0) is 11.3 Å². The Morgan fingerprint density at radius 3 is 2.54 bits per heavy atom. The van der Waals surface area contributed by atoms with E-state index in [1.807, 2.05) is 0 Å².